The summed E-state index contributed by atoms with van der Waals surface area (Å²) >= 11 is 0. The molecule has 0 aliphatic heterocycles. The molecule has 96 valence electrons. The van der Waals surface area contributed by atoms with Gasteiger partial charge in [-0.25, -0.2) is 8.78 Å². The highest BCUT2D eigenvalue weighted by molar-refractivity contribution is 5.39. The van der Waals surface area contributed by atoms with Gasteiger partial charge < -0.3 is 9.84 Å². The molecule has 0 spiro atoms. The zero-order valence-electron chi connectivity index (χ0n) is 9.73. The van der Waals surface area contributed by atoms with Gasteiger partial charge in [-0.15, -0.1) is 0 Å². The molecule has 0 unspecified atom stereocenters. The SMILES string of the molecule is N#Cc1ccc(Oc2cc(F)cc(CO)c2)cc1F. The summed E-state index contributed by atoms with van der Waals surface area (Å²) in [7, 11) is 0. The van der Waals surface area contributed by atoms with Gasteiger partial charge in [-0.3, -0.25) is 0 Å². The molecule has 0 atom stereocenters. The van der Waals surface area contributed by atoms with Gasteiger partial charge in [-0.2, -0.15) is 5.26 Å². The van der Waals surface area contributed by atoms with Gasteiger partial charge in [0.2, 0.25) is 0 Å². The molecule has 2 aromatic rings. The fraction of sp³-hybridized carbons (Fsp3) is 0.0714. The number of hydrogen-bond donors (Lipinski definition) is 1. The van der Waals surface area contributed by atoms with Crippen molar-refractivity contribution >= 4 is 0 Å². The second-order valence-electron chi connectivity index (χ2n) is 3.81. The molecular weight excluding hydrogens is 252 g/mol. The van der Waals surface area contributed by atoms with E-state index in [-0.39, 0.29) is 23.7 Å². The van der Waals surface area contributed by atoms with Gasteiger partial charge >= 0.3 is 0 Å². The van der Waals surface area contributed by atoms with E-state index in [0.717, 1.165) is 12.1 Å². The van der Waals surface area contributed by atoms with Crippen LogP contribution >= 0.6 is 0 Å². The van der Waals surface area contributed by atoms with Crippen molar-refractivity contribution < 1.29 is 18.6 Å². The number of nitriles is 1. The molecule has 19 heavy (non-hydrogen) atoms. The molecule has 1 N–H and O–H groups in total. The predicted molar refractivity (Wildman–Crippen MR) is 63.5 cm³/mol. The van der Waals surface area contributed by atoms with E-state index < -0.39 is 11.6 Å². The second-order valence-corrected chi connectivity index (χ2v) is 3.81. The summed E-state index contributed by atoms with van der Waals surface area (Å²) < 4.78 is 31.8. The van der Waals surface area contributed by atoms with Crippen LogP contribution in [0.15, 0.2) is 36.4 Å². The molecule has 2 rings (SSSR count). The maximum atomic E-state index is 13.4. The van der Waals surface area contributed by atoms with Crippen LogP contribution in [0.25, 0.3) is 0 Å². The van der Waals surface area contributed by atoms with Crippen LogP contribution in [-0.2, 0) is 6.61 Å². The van der Waals surface area contributed by atoms with Crippen molar-refractivity contribution in [2.75, 3.05) is 0 Å². The molecule has 0 saturated heterocycles. The Bertz CT molecular complexity index is 650. The third-order valence-corrected chi connectivity index (χ3v) is 2.41. The number of benzene rings is 2. The maximum Gasteiger partial charge on any atom is 0.144 e. The highest BCUT2D eigenvalue weighted by Crippen LogP contribution is 2.25. The first kappa shape index (κ1) is 13.0. The lowest BCUT2D eigenvalue weighted by molar-refractivity contribution is 0.280. The number of aliphatic hydroxyl groups excluding tert-OH is 1. The number of nitrogens with zero attached hydrogens (tertiary/aromatic N) is 1. The molecular formula is C14H9F2NO2. The largest absolute Gasteiger partial charge is 0.457 e. The first-order valence-corrected chi connectivity index (χ1v) is 5.40. The van der Waals surface area contributed by atoms with Gasteiger partial charge in [-0.1, -0.05) is 0 Å². The van der Waals surface area contributed by atoms with Crippen molar-refractivity contribution in [3.05, 3.63) is 59.2 Å². The minimum atomic E-state index is -0.709. The normalized spacial score (nSPS) is 10.0. The summed E-state index contributed by atoms with van der Waals surface area (Å²) in [5, 5.41) is 17.5. The molecule has 0 fully saturated rings. The Morgan fingerprint density at radius 3 is 2.53 bits per heavy atom. The van der Waals surface area contributed by atoms with E-state index in [2.05, 4.69) is 0 Å². The fourth-order valence-corrected chi connectivity index (χ4v) is 1.56. The van der Waals surface area contributed by atoms with Crippen LogP contribution in [0.3, 0.4) is 0 Å². The average molecular weight is 261 g/mol. The molecule has 0 bridgehead atoms. The van der Waals surface area contributed by atoms with E-state index in [4.69, 9.17) is 15.1 Å². The minimum absolute atomic E-state index is 0.0948. The maximum absolute atomic E-state index is 13.4. The van der Waals surface area contributed by atoms with Gasteiger partial charge in [0.1, 0.15) is 29.2 Å². The Labute approximate surface area is 108 Å². The van der Waals surface area contributed by atoms with Crippen LogP contribution in [0.1, 0.15) is 11.1 Å². The molecule has 3 nitrogen and oxygen atoms in total. The van der Waals surface area contributed by atoms with E-state index >= 15 is 0 Å². The average Bonchev–Trinajstić information content (AvgIpc) is 2.38. The van der Waals surface area contributed by atoms with Gasteiger partial charge in [0.05, 0.1) is 12.2 Å². The minimum Gasteiger partial charge on any atom is -0.457 e. The zero-order valence-corrected chi connectivity index (χ0v) is 9.73. The molecule has 0 aliphatic carbocycles. The van der Waals surface area contributed by atoms with Gasteiger partial charge in [0.15, 0.2) is 0 Å². The Kier molecular flexibility index (Phi) is 3.74. The van der Waals surface area contributed by atoms with Crippen molar-refractivity contribution in [1.29, 1.82) is 5.26 Å². The molecule has 0 radical (unpaired) electrons. The van der Waals surface area contributed by atoms with Crippen LogP contribution in [0, 0.1) is 23.0 Å². The first-order valence-electron chi connectivity index (χ1n) is 5.40. The number of halogens is 2. The summed E-state index contributed by atoms with van der Waals surface area (Å²) in [5.74, 6) is -0.978. The Balaban J connectivity index is 2.28. The third-order valence-electron chi connectivity index (χ3n) is 2.41. The van der Waals surface area contributed by atoms with Crippen LogP contribution in [0.4, 0.5) is 8.78 Å². The number of rotatable bonds is 3. The van der Waals surface area contributed by atoms with E-state index in [1.165, 1.54) is 24.3 Å². The summed E-state index contributed by atoms with van der Waals surface area (Å²) in [5.41, 5.74) is 0.256. The lowest BCUT2D eigenvalue weighted by atomic mass is 10.2. The van der Waals surface area contributed by atoms with Crippen LogP contribution < -0.4 is 4.74 Å². The summed E-state index contributed by atoms with van der Waals surface area (Å²) in [6, 6.07) is 9.15. The molecule has 0 saturated carbocycles. The molecule has 0 aromatic heterocycles. The highest BCUT2D eigenvalue weighted by atomic mass is 19.1. The van der Waals surface area contributed by atoms with E-state index in [1.807, 2.05) is 0 Å². The van der Waals surface area contributed by atoms with E-state index in [0.29, 0.717) is 5.56 Å². The van der Waals surface area contributed by atoms with Crippen molar-refractivity contribution in [3.8, 4) is 17.6 Å². The van der Waals surface area contributed by atoms with Crippen molar-refractivity contribution in [2.24, 2.45) is 0 Å². The molecule has 5 heteroatoms. The second kappa shape index (κ2) is 5.46. The van der Waals surface area contributed by atoms with Crippen molar-refractivity contribution in [1.82, 2.24) is 0 Å². The lowest BCUT2D eigenvalue weighted by Crippen LogP contribution is -1.91. The summed E-state index contributed by atoms with van der Waals surface area (Å²) in [6.45, 7) is -0.324. The predicted octanol–water partition coefficient (Wildman–Crippen LogP) is 3.12. The Hall–Kier alpha value is -2.45. The Morgan fingerprint density at radius 2 is 1.89 bits per heavy atom. The van der Waals surface area contributed by atoms with Crippen molar-refractivity contribution in [3.63, 3.8) is 0 Å². The standard InChI is InChI=1S/C14H9F2NO2/c15-11-3-9(8-18)4-13(5-11)19-12-2-1-10(7-17)14(16)6-12/h1-6,18H,8H2. The third kappa shape index (κ3) is 3.06. The number of hydrogen-bond acceptors (Lipinski definition) is 3. The van der Waals surface area contributed by atoms with Gasteiger partial charge in [-0.05, 0) is 29.8 Å². The summed E-state index contributed by atoms with van der Waals surface area (Å²) in [6.07, 6.45) is 0. The zero-order chi connectivity index (χ0) is 13.8. The number of aliphatic hydroxyl groups is 1. The van der Waals surface area contributed by atoms with Crippen LogP contribution in [-0.4, -0.2) is 5.11 Å². The Morgan fingerprint density at radius 1 is 1.11 bits per heavy atom. The summed E-state index contributed by atoms with van der Waals surface area (Å²) in [4.78, 5) is 0. The van der Waals surface area contributed by atoms with Crippen LogP contribution in [0.5, 0.6) is 11.5 Å². The van der Waals surface area contributed by atoms with Crippen molar-refractivity contribution in [2.45, 2.75) is 6.61 Å². The van der Waals surface area contributed by atoms with E-state index in [9.17, 15) is 8.78 Å². The fourth-order valence-electron chi connectivity index (χ4n) is 1.56. The lowest BCUT2D eigenvalue weighted by Gasteiger charge is -2.07. The monoisotopic (exact) mass is 261 g/mol. The van der Waals surface area contributed by atoms with Gasteiger partial charge in [0.25, 0.3) is 0 Å². The smallest absolute Gasteiger partial charge is 0.144 e. The molecule has 0 amide bonds. The highest BCUT2D eigenvalue weighted by Gasteiger charge is 2.06. The van der Waals surface area contributed by atoms with Gasteiger partial charge in [0, 0.05) is 12.1 Å². The quantitative estimate of drug-likeness (QED) is 0.923. The van der Waals surface area contributed by atoms with E-state index in [1.54, 1.807) is 6.07 Å². The number of ether oxygens (including phenoxy) is 1. The molecule has 0 aliphatic rings. The molecule has 0 heterocycles. The molecule has 2 aromatic carbocycles. The first-order chi connectivity index (χ1) is 9.12. The van der Waals surface area contributed by atoms with Crippen LogP contribution in [0.2, 0.25) is 0 Å². The topological polar surface area (TPSA) is 53.2 Å².